The Morgan fingerprint density at radius 3 is 2.58 bits per heavy atom. The maximum atomic E-state index is 13.6. The molecular formula is C16H19F2N5O2S. The van der Waals surface area contributed by atoms with Crippen LogP contribution in [0, 0.1) is 11.6 Å². The first kappa shape index (κ1) is 18.5. The predicted octanol–water partition coefficient (Wildman–Crippen LogP) is 1.75. The molecule has 3 rings (SSSR count). The minimum Gasteiger partial charge on any atom is -0.369 e. The Morgan fingerprint density at radius 1 is 1.08 bits per heavy atom. The first-order valence-corrected chi connectivity index (χ1v) is 9.69. The average Bonchev–Trinajstić information content (AvgIpc) is 3.13. The van der Waals surface area contributed by atoms with Crippen LogP contribution in [-0.4, -0.2) is 44.6 Å². The zero-order chi connectivity index (χ0) is 18.6. The Bertz CT molecular complexity index is 873. The van der Waals surface area contributed by atoms with Crippen LogP contribution in [0.2, 0.25) is 0 Å². The van der Waals surface area contributed by atoms with Crippen molar-refractivity contribution in [1.82, 2.24) is 14.7 Å². The number of halogens is 2. The van der Waals surface area contributed by atoms with Crippen LogP contribution in [0.4, 0.5) is 20.4 Å². The highest BCUT2D eigenvalue weighted by Crippen LogP contribution is 2.19. The molecule has 0 radical (unpaired) electrons. The SMILES string of the molecule is O=S(=O)(NCCNc1cc(N2CCCC2)ncn1)c1ccc(F)cc1F. The van der Waals surface area contributed by atoms with E-state index in [9.17, 15) is 17.2 Å². The molecule has 1 aromatic heterocycles. The quantitative estimate of drug-likeness (QED) is 0.709. The van der Waals surface area contributed by atoms with Gasteiger partial charge in [0.25, 0.3) is 0 Å². The van der Waals surface area contributed by atoms with Gasteiger partial charge in [-0.05, 0) is 25.0 Å². The monoisotopic (exact) mass is 383 g/mol. The van der Waals surface area contributed by atoms with Crippen LogP contribution in [0.3, 0.4) is 0 Å². The van der Waals surface area contributed by atoms with Gasteiger partial charge in [-0.25, -0.2) is 31.9 Å². The summed E-state index contributed by atoms with van der Waals surface area (Å²) in [6, 6.07) is 4.14. The van der Waals surface area contributed by atoms with E-state index < -0.39 is 26.6 Å². The average molecular weight is 383 g/mol. The number of hydrogen-bond donors (Lipinski definition) is 2. The second-order valence-corrected chi connectivity index (χ2v) is 7.59. The predicted molar refractivity (Wildman–Crippen MR) is 93.5 cm³/mol. The Balaban J connectivity index is 1.54. The van der Waals surface area contributed by atoms with E-state index >= 15 is 0 Å². The topological polar surface area (TPSA) is 87.2 Å². The van der Waals surface area contributed by atoms with Crippen LogP contribution < -0.4 is 14.9 Å². The molecule has 2 heterocycles. The van der Waals surface area contributed by atoms with Crippen molar-refractivity contribution in [3.05, 3.63) is 42.2 Å². The molecule has 140 valence electrons. The van der Waals surface area contributed by atoms with Gasteiger partial charge in [0.05, 0.1) is 0 Å². The molecule has 0 unspecified atom stereocenters. The van der Waals surface area contributed by atoms with Gasteiger partial charge in [0, 0.05) is 38.3 Å². The molecule has 1 aliphatic heterocycles. The van der Waals surface area contributed by atoms with Gasteiger partial charge in [-0.15, -0.1) is 0 Å². The van der Waals surface area contributed by atoms with Gasteiger partial charge in [-0.1, -0.05) is 0 Å². The van der Waals surface area contributed by atoms with Crippen LogP contribution in [0.25, 0.3) is 0 Å². The first-order valence-electron chi connectivity index (χ1n) is 8.21. The summed E-state index contributed by atoms with van der Waals surface area (Å²) in [6.45, 7) is 2.18. The van der Waals surface area contributed by atoms with Gasteiger partial charge in [-0.3, -0.25) is 0 Å². The van der Waals surface area contributed by atoms with Crippen molar-refractivity contribution in [2.75, 3.05) is 36.4 Å². The fraction of sp³-hybridized carbons (Fsp3) is 0.375. The van der Waals surface area contributed by atoms with Gasteiger partial charge in [0.1, 0.15) is 34.5 Å². The second kappa shape index (κ2) is 7.92. The van der Waals surface area contributed by atoms with E-state index in [-0.39, 0.29) is 13.1 Å². The molecule has 10 heteroatoms. The highest BCUT2D eigenvalue weighted by Gasteiger charge is 2.19. The molecule has 26 heavy (non-hydrogen) atoms. The minimum atomic E-state index is -4.06. The number of aromatic nitrogens is 2. The standard InChI is InChI=1S/C16H19F2N5O2S/c17-12-3-4-14(13(18)9-12)26(24,25)22-6-5-19-15-10-16(21-11-20-15)23-7-1-2-8-23/h3-4,9-11,22H,1-2,5-8H2,(H,19,20,21). The molecule has 1 fully saturated rings. The normalized spacial score (nSPS) is 14.6. The van der Waals surface area contributed by atoms with Crippen molar-refractivity contribution in [3.8, 4) is 0 Å². The molecule has 0 spiro atoms. The third-order valence-electron chi connectivity index (χ3n) is 3.99. The summed E-state index contributed by atoms with van der Waals surface area (Å²) in [7, 11) is -4.06. The van der Waals surface area contributed by atoms with Crippen molar-refractivity contribution in [2.24, 2.45) is 0 Å². The zero-order valence-electron chi connectivity index (χ0n) is 14.0. The Morgan fingerprint density at radius 2 is 1.85 bits per heavy atom. The minimum absolute atomic E-state index is 0.0161. The van der Waals surface area contributed by atoms with Gasteiger partial charge in [0.2, 0.25) is 10.0 Å². The molecule has 2 N–H and O–H groups in total. The lowest BCUT2D eigenvalue weighted by molar-refractivity contribution is 0.543. The molecule has 0 bridgehead atoms. The van der Waals surface area contributed by atoms with Crippen molar-refractivity contribution in [2.45, 2.75) is 17.7 Å². The third kappa shape index (κ3) is 4.44. The summed E-state index contributed by atoms with van der Waals surface area (Å²) in [4.78, 5) is 9.91. The Hall–Kier alpha value is -2.33. The molecule has 0 amide bonds. The smallest absolute Gasteiger partial charge is 0.243 e. The summed E-state index contributed by atoms with van der Waals surface area (Å²) < 4.78 is 52.9. The van der Waals surface area contributed by atoms with E-state index in [1.165, 1.54) is 6.33 Å². The van der Waals surface area contributed by atoms with Crippen molar-refractivity contribution in [3.63, 3.8) is 0 Å². The highest BCUT2D eigenvalue weighted by atomic mass is 32.2. The Labute approximate surface area is 150 Å². The molecule has 0 saturated carbocycles. The number of sulfonamides is 1. The van der Waals surface area contributed by atoms with E-state index in [1.807, 2.05) is 0 Å². The molecule has 2 aromatic rings. The molecule has 1 saturated heterocycles. The van der Waals surface area contributed by atoms with Crippen molar-refractivity contribution >= 4 is 21.7 Å². The highest BCUT2D eigenvalue weighted by molar-refractivity contribution is 7.89. The summed E-state index contributed by atoms with van der Waals surface area (Å²) in [5, 5.41) is 3.00. The Kier molecular flexibility index (Phi) is 5.62. The number of rotatable bonds is 7. The van der Waals surface area contributed by atoms with Gasteiger partial charge in [-0.2, -0.15) is 0 Å². The van der Waals surface area contributed by atoms with Crippen LogP contribution >= 0.6 is 0 Å². The van der Waals surface area contributed by atoms with E-state index in [1.54, 1.807) is 6.07 Å². The lowest BCUT2D eigenvalue weighted by atomic mass is 10.3. The number of nitrogens with zero attached hydrogens (tertiary/aromatic N) is 3. The van der Waals surface area contributed by atoms with Crippen LogP contribution in [0.15, 0.2) is 35.5 Å². The maximum Gasteiger partial charge on any atom is 0.243 e. The fourth-order valence-electron chi connectivity index (χ4n) is 2.71. The maximum absolute atomic E-state index is 13.6. The van der Waals surface area contributed by atoms with Crippen LogP contribution in [-0.2, 0) is 10.0 Å². The summed E-state index contributed by atoms with van der Waals surface area (Å²) in [6.07, 6.45) is 3.72. The zero-order valence-corrected chi connectivity index (χ0v) is 14.8. The third-order valence-corrected chi connectivity index (χ3v) is 5.48. The van der Waals surface area contributed by atoms with Gasteiger partial charge >= 0.3 is 0 Å². The molecule has 0 aliphatic carbocycles. The molecule has 0 atom stereocenters. The number of anilines is 2. The van der Waals surface area contributed by atoms with Crippen molar-refractivity contribution in [1.29, 1.82) is 0 Å². The van der Waals surface area contributed by atoms with E-state index in [4.69, 9.17) is 0 Å². The molecule has 1 aliphatic rings. The molecular weight excluding hydrogens is 364 g/mol. The van der Waals surface area contributed by atoms with E-state index in [2.05, 4.69) is 24.9 Å². The van der Waals surface area contributed by atoms with Gasteiger partial charge in [0.15, 0.2) is 0 Å². The van der Waals surface area contributed by atoms with Crippen LogP contribution in [0.1, 0.15) is 12.8 Å². The van der Waals surface area contributed by atoms with Crippen LogP contribution in [0.5, 0.6) is 0 Å². The number of hydrogen-bond acceptors (Lipinski definition) is 6. The summed E-state index contributed by atoms with van der Waals surface area (Å²) in [5.41, 5.74) is 0. The number of benzene rings is 1. The first-order chi connectivity index (χ1) is 12.5. The van der Waals surface area contributed by atoms with Gasteiger partial charge < -0.3 is 10.2 Å². The number of nitrogens with one attached hydrogen (secondary N) is 2. The largest absolute Gasteiger partial charge is 0.369 e. The molecule has 7 nitrogen and oxygen atoms in total. The molecule has 1 aromatic carbocycles. The van der Waals surface area contributed by atoms with E-state index in [0.717, 1.165) is 43.9 Å². The summed E-state index contributed by atoms with van der Waals surface area (Å²) in [5.74, 6) is -0.555. The fourth-order valence-corrected chi connectivity index (χ4v) is 3.80. The lowest BCUT2D eigenvalue weighted by Crippen LogP contribution is -2.29. The summed E-state index contributed by atoms with van der Waals surface area (Å²) >= 11 is 0. The van der Waals surface area contributed by atoms with E-state index in [0.29, 0.717) is 11.9 Å². The second-order valence-electron chi connectivity index (χ2n) is 5.85. The lowest BCUT2D eigenvalue weighted by Gasteiger charge is -2.16. The van der Waals surface area contributed by atoms with Crippen molar-refractivity contribution < 1.29 is 17.2 Å².